The Morgan fingerprint density at radius 3 is 2.28 bits per heavy atom. The minimum atomic E-state index is -0.581. The smallest absolute Gasteiger partial charge is 0.363 e. The number of methoxy groups -OCH3 is 3. The van der Waals surface area contributed by atoms with Crippen LogP contribution in [0.15, 0.2) is 47.1 Å². The monoisotopic (exact) mass is 396 g/mol. The molecule has 1 amide bonds. The van der Waals surface area contributed by atoms with Crippen molar-refractivity contribution in [2.45, 2.75) is 6.92 Å². The first kappa shape index (κ1) is 19.9. The van der Waals surface area contributed by atoms with Gasteiger partial charge in [0.15, 0.2) is 17.2 Å². The lowest BCUT2D eigenvalue weighted by Gasteiger charge is -2.14. The van der Waals surface area contributed by atoms with Gasteiger partial charge in [-0.15, -0.1) is 0 Å². The highest BCUT2D eigenvalue weighted by Crippen LogP contribution is 2.40. The molecule has 0 fully saturated rings. The lowest BCUT2D eigenvalue weighted by molar-refractivity contribution is -0.129. The Hall–Kier alpha value is -3.81. The molecule has 0 saturated carbocycles. The molecule has 150 valence electrons. The first-order chi connectivity index (χ1) is 14.0. The Balaban J connectivity index is 1.94. The number of benzene rings is 2. The van der Waals surface area contributed by atoms with Gasteiger partial charge in [-0.2, -0.15) is 0 Å². The summed E-state index contributed by atoms with van der Waals surface area (Å²) in [5, 5.41) is 2.67. The molecular weight excluding hydrogens is 376 g/mol. The van der Waals surface area contributed by atoms with Crippen LogP contribution in [0, 0.1) is 0 Å². The summed E-state index contributed by atoms with van der Waals surface area (Å²) in [6.07, 6.45) is 1.56. The number of cyclic esters (lactones) is 1. The summed E-state index contributed by atoms with van der Waals surface area (Å²) < 4.78 is 21.3. The van der Waals surface area contributed by atoms with Gasteiger partial charge in [0.05, 0.1) is 21.3 Å². The van der Waals surface area contributed by atoms with E-state index in [1.807, 2.05) is 0 Å². The molecule has 3 rings (SSSR count). The maximum atomic E-state index is 12.3. The van der Waals surface area contributed by atoms with Crippen molar-refractivity contribution in [3.8, 4) is 17.2 Å². The molecule has 0 unspecified atom stereocenters. The van der Waals surface area contributed by atoms with Crippen molar-refractivity contribution in [3.05, 3.63) is 53.2 Å². The molecule has 1 aliphatic heterocycles. The number of carbonyl (C=O) groups is 2. The summed E-state index contributed by atoms with van der Waals surface area (Å²) in [6, 6.07) is 10.3. The fraction of sp³-hybridized carbons (Fsp3) is 0.190. The summed E-state index contributed by atoms with van der Waals surface area (Å²) in [5.74, 6) is 0.752. The number of anilines is 1. The summed E-state index contributed by atoms with van der Waals surface area (Å²) in [6.45, 7) is 1.43. The summed E-state index contributed by atoms with van der Waals surface area (Å²) in [4.78, 5) is 27.7. The Morgan fingerprint density at radius 2 is 1.69 bits per heavy atom. The first-order valence-electron chi connectivity index (χ1n) is 8.66. The molecule has 0 aromatic heterocycles. The summed E-state index contributed by atoms with van der Waals surface area (Å²) in [5.41, 5.74) is 1.95. The number of rotatable bonds is 6. The standard InChI is InChI=1S/C21H20N2O6/c1-12(24)22-15-8-5-13(6-9-15)20-23-16(21(25)29-20)11-14-7-10-17(26-2)19(28-4)18(14)27-3/h5-11H,1-4H3,(H,22,24)/b16-11-. The van der Waals surface area contributed by atoms with Crippen molar-refractivity contribution in [1.29, 1.82) is 0 Å². The van der Waals surface area contributed by atoms with Gasteiger partial charge in [0.1, 0.15) is 0 Å². The molecule has 29 heavy (non-hydrogen) atoms. The molecule has 0 radical (unpaired) electrons. The minimum absolute atomic E-state index is 0.122. The van der Waals surface area contributed by atoms with Gasteiger partial charge in [-0.3, -0.25) is 4.79 Å². The van der Waals surface area contributed by atoms with E-state index in [1.165, 1.54) is 28.3 Å². The molecule has 1 N–H and O–H groups in total. The zero-order valence-electron chi connectivity index (χ0n) is 16.4. The fourth-order valence-corrected chi connectivity index (χ4v) is 2.82. The Bertz CT molecular complexity index is 1010. The molecule has 0 atom stereocenters. The highest BCUT2D eigenvalue weighted by molar-refractivity contribution is 6.13. The van der Waals surface area contributed by atoms with Crippen molar-refractivity contribution in [2.75, 3.05) is 26.6 Å². The van der Waals surface area contributed by atoms with E-state index in [9.17, 15) is 9.59 Å². The average molecular weight is 396 g/mol. The normalized spacial score (nSPS) is 14.3. The molecule has 2 aromatic rings. The molecule has 8 heteroatoms. The van der Waals surface area contributed by atoms with Crippen LogP contribution in [0.2, 0.25) is 0 Å². The highest BCUT2D eigenvalue weighted by Gasteiger charge is 2.25. The largest absolute Gasteiger partial charge is 0.493 e. The number of nitrogens with one attached hydrogen (secondary N) is 1. The quantitative estimate of drug-likeness (QED) is 0.596. The second-order valence-electron chi connectivity index (χ2n) is 6.02. The van der Waals surface area contributed by atoms with Crippen LogP contribution in [0.1, 0.15) is 18.1 Å². The molecule has 0 saturated heterocycles. The number of hydrogen-bond donors (Lipinski definition) is 1. The number of hydrogen-bond acceptors (Lipinski definition) is 7. The number of amides is 1. The van der Waals surface area contributed by atoms with Crippen LogP contribution < -0.4 is 19.5 Å². The number of ether oxygens (including phenoxy) is 4. The SMILES string of the molecule is COc1ccc(/C=C2\N=C(c3ccc(NC(C)=O)cc3)OC2=O)c(OC)c1OC. The Kier molecular flexibility index (Phi) is 5.82. The predicted octanol–water partition coefficient (Wildman–Crippen LogP) is 3.02. The number of nitrogens with zero attached hydrogens (tertiary/aromatic N) is 1. The van der Waals surface area contributed by atoms with Crippen molar-refractivity contribution in [3.63, 3.8) is 0 Å². The fourth-order valence-electron chi connectivity index (χ4n) is 2.82. The van der Waals surface area contributed by atoms with Crippen molar-refractivity contribution < 1.29 is 28.5 Å². The van der Waals surface area contributed by atoms with Gasteiger partial charge in [0.25, 0.3) is 0 Å². The van der Waals surface area contributed by atoms with E-state index in [4.69, 9.17) is 18.9 Å². The zero-order valence-corrected chi connectivity index (χ0v) is 16.4. The molecule has 0 spiro atoms. The molecular formula is C21H20N2O6. The van der Waals surface area contributed by atoms with Crippen LogP contribution in [0.25, 0.3) is 6.08 Å². The van der Waals surface area contributed by atoms with Crippen LogP contribution in [-0.2, 0) is 14.3 Å². The lowest BCUT2D eigenvalue weighted by Crippen LogP contribution is -2.07. The van der Waals surface area contributed by atoms with E-state index in [1.54, 1.807) is 42.5 Å². The molecule has 1 aliphatic rings. The van der Waals surface area contributed by atoms with Crippen molar-refractivity contribution in [1.82, 2.24) is 0 Å². The first-order valence-corrected chi connectivity index (χ1v) is 8.66. The van der Waals surface area contributed by atoms with E-state index in [0.29, 0.717) is 34.1 Å². The van der Waals surface area contributed by atoms with Crippen LogP contribution in [0.5, 0.6) is 17.2 Å². The third kappa shape index (κ3) is 4.21. The maximum Gasteiger partial charge on any atom is 0.363 e. The molecule has 0 aliphatic carbocycles. The van der Waals surface area contributed by atoms with Crippen LogP contribution in [0.3, 0.4) is 0 Å². The molecule has 1 heterocycles. The predicted molar refractivity (Wildman–Crippen MR) is 107 cm³/mol. The maximum absolute atomic E-state index is 12.3. The van der Waals surface area contributed by atoms with Gasteiger partial charge in [-0.1, -0.05) is 0 Å². The number of aliphatic imine (C=N–C) groups is 1. The van der Waals surface area contributed by atoms with Gasteiger partial charge in [-0.25, -0.2) is 9.79 Å². The van der Waals surface area contributed by atoms with Crippen LogP contribution >= 0.6 is 0 Å². The zero-order chi connectivity index (χ0) is 21.0. The third-order valence-corrected chi connectivity index (χ3v) is 4.10. The van der Waals surface area contributed by atoms with Gasteiger partial charge >= 0.3 is 5.97 Å². The topological polar surface area (TPSA) is 95.5 Å². The van der Waals surface area contributed by atoms with Crippen molar-refractivity contribution >= 4 is 29.5 Å². The van der Waals surface area contributed by atoms with Crippen LogP contribution in [-0.4, -0.2) is 39.1 Å². The molecule has 8 nitrogen and oxygen atoms in total. The number of esters is 1. The summed E-state index contributed by atoms with van der Waals surface area (Å²) in [7, 11) is 4.52. The van der Waals surface area contributed by atoms with E-state index >= 15 is 0 Å². The van der Waals surface area contributed by atoms with Gasteiger partial charge in [0.2, 0.25) is 17.6 Å². The highest BCUT2D eigenvalue weighted by atomic mass is 16.6. The van der Waals surface area contributed by atoms with E-state index in [-0.39, 0.29) is 17.5 Å². The molecule has 2 aromatic carbocycles. The van der Waals surface area contributed by atoms with E-state index in [0.717, 1.165) is 0 Å². The number of carbonyl (C=O) groups excluding carboxylic acids is 2. The van der Waals surface area contributed by atoms with Gasteiger partial charge in [0, 0.05) is 23.7 Å². The third-order valence-electron chi connectivity index (χ3n) is 4.10. The average Bonchev–Trinajstić information content (AvgIpc) is 3.07. The van der Waals surface area contributed by atoms with Gasteiger partial charge < -0.3 is 24.3 Å². The Labute approximate surface area is 167 Å². The second-order valence-corrected chi connectivity index (χ2v) is 6.02. The second kappa shape index (κ2) is 8.47. The van der Waals surface area contributed by atoms with Crippen LogP contribution in [0.4, 0.5) is 5.69 Å². The van der Waals surface area contributed by atoms with Gasteiger partial charge in [-0.05, 0) is 42.5 Å². The minimum Gasteiger partial charge on any atom is -0.493 e. The van der Waals surface area contributed by atoms with Crippen molar-refractivity contribution in [2.24, 2.45) is 4.99 Å². The van der Waals surface area contributed by atoms with E-state index < -0.39 is 5.97 Å². The Morgan fingerprint density at radius 1 is 1.00 bits per heavy atom. The van der Waals surface area contributed by atoms with E-state index in [2.05, 4.69) is 10.3 Å². The lowest BCUT2D eigenvalue weighted by atomic mass is 10.1. The molecule has 0 bridgehead atoms. The summed E-state index contributed by atoms with van der Waals surface area (Å²) >= 11 is 0.